The Labute approximate surface area is 174 Å². The molecule has 0 bridgehead atoms. The number of non-ortho nitro benzene ring substituents is 1. The van der Waals surface area contributed by atoms with Crippen molar-refractivity contribution in [3.05, 3.63) is 82.9 Å². The van der Waals surface area contributed by atoms with Crippen LogP contribution in [0.25, 0.3) is 0 Å². The van der Waals surface area contributed by atoms with Gasteiger partial charge in [0.1, 0.15) is 5.75 Å². The molecule has 3 rings (SSSR count). The first-order valence-electron chi connectivity index (χ1n) is 9.43. The van der Waals surface area contributed by atoms with Crippen molar-refractivity contribution in [3.8, 4) is 5.75 Å². The van der Waals surface area contributed by atoms with Gasteiger partial charge in [-0.05, 0) is 37.3 Å². The molecule has 0 radical (unpaired) electrons. The summed E-state index contributed by atoms with van der Waals surface area (Å²) in [5, 5.41) is 20.1. The van der Waals surface area contributed by atoms with Gasteiger partial charge in [0.15, 0.2) is 0 Å². The number of nitro groups is 1. The van der Waals surface area contributed by atoms with Crippen molar-refractivity contribution in [2.45, 2.75) is 6.92 Å². The number of carbonyl (C=O) groups excluding carboxylic acids is 1. The molecule has 0 aliphatic heterocycles. The zero-order chi connectivity index (χ0) is 21.3. The third-order valence-electron chi connectivity index (χ3n) is 4.17. The van der Waals surface area contributed by atoms with Gasteiger partial charge in [-0.1, -0.05) is 30.3 Å². The minimum absolute atomic E-state index is 0.0711. The van der Waals surface area contributed by atoms with Crippen LogP contribution in [0, 0.1) is 10.1 Å². The van der Waals surface area contributed by atoms with E-state index in [1.807, 2.05) is 43.3 Å². The third-order valence-corrected chi connectivity index (χ3v) is 4.17. The van der Waals surface area contributed by atoms with E-state index in [4.69, 9.17) is 4.74 Å². The van der Waals surface area contributed by atoms with E-state index in [0.29, 0.717) is 29.4 Å². The number of nitro benzene ring substituents is 1. The summed E-state index contributed by atoms with van der Waals surface area (Å²) in [6, 6.07) is 21.0. The predicted octanol–water partition coefficient (Wildman–Crippen LogP) is 4.79. The summed E-state index contributed by atoms with van der Waals surface area (Å²) in [6.45, 7) is 2.27. The maximum absolute atomic E-state index is 12.4. The molecule has 3 aromatic carbocycles. The highest BCUT2D eigenvalue weighted by molar-refractivity contribution is 5.95. The molecule has 3 N–H and O–H groups in total. The molecule has 0 saturated heterocycles. The van der Waals surface area contributed by atoms with Crippen LogP contribution in [-0.4, -0.2) is 24.0 Å². The molecule has 0 aliphatic rings. The van der Waals surface area contributed by atoms with Gasteiger partial charge in [-0.25, -0.2) is 0 Å². The SMILES string of the molecule is CCOc1ccccc1NC(=O)CNc1cc([N+](=O)[O-])ccc1Nc1ccccc1. The Bertz CT molecular complexity index is 1020. The van der Waals surface area contributed by atoms with E-state index in [0.717, 1.165) is 5.69 Å². The molecular weight excluding hydrogens is 384 g/mol. The summed E-state index contributed by atoms with van der Waals surface area (Å²) >= 11 is 0. The molecule has 8 nitrogen and oxygen atoms in total. The maximum Gasteiger partial charge on any atom is 0.271 e. The fourth-order valence-electron chi connectivity index (χ4n) is 2.80. The fraction of sp³-hybridized carbons (Fsp3) is 0.136. The second-order valence-corrected chi connectivity index (χ2v) is 6.31. The number of hydrogen-bond donors (Lipinski definition) is 3. The molecule has 0 aliphatic carbocycles. The van der Waals surface area contributed by atoms with E-state index in [1.54, 1.807) is 24.3 Å². The Balaban J connectivity index is 1.73. The van der Waals surface area contributed by atoms with Gasteiger partial charge in [0.05, 0.1) is 35.1 Å². The van der Waals surface area contributed by atoms with Gasteiger partial charge in [-0.3, -0.25) is 14.9 Å². The summed E-state index contributed by atoms with van der Waals surface area (Å²) < 4.78 is 5.51. The molecule has 0 saturated carbocycles. The van der Waals surface area contributed by atoms with Crippen molar-refractivity contribution in [1.82, 2.24) is 0 Å². The van der Waals surface area contributed by atoms with Gasteiger partial charge in [0, 0.05) is 17.8 Å². The summed E-state index contributed by atoms with van der Waals surface area (Å²) in [7, 11) is 0. The van der Waals surface area contributed by atoms with Crippen LogP contribution in [0.5, 0.6) is 5.75 Å². The molecule has 154 valence electrons. The zero-order valence-corrected chi connectivity index (χ0v) is 16.4. The smallest absolute Gasteiger partial charge is 0.271 e. The van der Waals surface area contributed by atoms with E-state index in [9.17, 15) is 14.9 Å². The molecule has 1 amide bonds. The number of ether oxygens (including phenoxy) is 1. The van der Waals surface area contributed by atoms with Crippen LogP contribution in [0.15, 0.2) is 72.8 Å². The number of rotatable bonds is 9. The molecular formula is C22H22N4O4. The lowest BCUT2D eigenvalue weighted by molar-refractivity contribution is -0.384. The highest BCUT2D eigenvalue weighted by Gasteiger charge is 2.13. The molecule has 3 aromatic rings. The van der Waals surface area contributed by atoms with E-state index >= 15 is 0 Å². The average Bonchev–Trinajstić information content (AvgIpc) is 2.75. The largest absolute Gasteiger partial charge is 0.492 e. The van der Waals surface area contributed by atoms with Crippen LogP contribution >= 0.6 is 0 Å². The van der Waals surface area contributed by atoms with Crippen LogP contribution in [0.2, 0.25) is 0 Å². The Morgan fingerprint density at radius 1 is 0.967 bits per heavy atom. The summed E-state index contributed by atoms with van der Waals surface area (Å²) in [4.78, 5) is 23.1. The summed E-state index contributed by atoms with van der Waals surface area (Å²) in [6.07, 6.45) is 0. The number of para-hydroxylation sites is 3. The first-order chi connectivity index (χ1) is 14.6. The molecule has 0 fully saturated rings. The van der Waals surface area contributed by atoms with Gasteiger partial charge < -0.3 is 20.7 Å². The van der Waals surface area contributed by atoms with Gasteiger partial charge >= 0.3 is 0 Å². The lowest BCUT2D eigenvalue weighted by atomic mass is 10.2. The van der Waals surface area contributed by atoms with E-state index < -0.39 is 4.92 Å². The van der Waals surface area contributed by atoms with Crippen LogP contribution in [0.1, 0.15) is 6.92 Å². The lowest BCUT2D eigenvalue weighted by Crippen LogP contribution is -2.22. The Kier molecular flexibility index (Phi) is 6.83. The van der Waals surface area contributed by atoms with Crippen LogP contribution < -0.4 is 20.7 Å². The number of hydrogen-bond acceptors (Lipinski definition) is 6. The van der Waals surface area contributed by atoms with Crippen molar-refractivity contribution in [1.29, 1.82) is 0 Å². The molecule has 0 spiro atoms. The van der Waals surface area contributed by atoms with Crippen molar-refractivity contribution in [2.75, 3.05) is 29.1 Å². The molecule has 0 heterocycles. The fourth-order valence-corrected chi connectivity index (χ4v) is 2.80. The third kappa shape index (κ3) is 5.48. The normalized spacial score (nSPS) is 10.2. The zero-order valence-electron chi connectivity index (χ0n) is 16.4. The summed E-state index contributed by atoms with van der Waals surface area (Å²) in [5.74, 6) is 0.273. The Hall–Kier alpha value is -4.07. The molecule has 30 heavy (non-hydrogen) atoms. The molecule has 8 heteroatoms. The predicted molar refractivity (Wildman–Crippen MR) is 118 cm³/mol. The van der Waals surface area contributed by atoms with Gasteiger partial charge in [0.25, 0.3) is 5.69 Å². The second-order valence-electron chi connectivity index (χ2n) is 6.31. The maximum atomic E-state index is 12.4. The molecule has 0 unspecified atom stereocenters. The number of anilines is 4. The number of benzene rings is 3. The first-order valence-corrected chi connectivity index (χ1v) is 9.43. The number of nitrogens with one attached hydrogen (secondary N) is 3. The monoisotopic (exact) mass is 406 g/mol. The minimum atomic E-state index is -0.476. The van der Waals surface area contributed by atoms with Crippen LogP contribution in [0.4, 0.5) is 28.4 Å². The van der Waals surface area contributed by atoms with Crippen LogP contribution in [0.3, 0.4) is 0 Å². The Morgan fingerprint density at radius 3 is 2.43 bits per heavy atom. The van der Waals surface area contributed by atoms with Crippen molar-refractivity contribution in [2.24, 2.45) is 0 Å². The number of nitrogens with zero attached hydrogens (tertiary/aromatic N) is 1. The van der Waals surface area contributed by atoms with E-state index in [-0.39, 0.29) is 18.1 Å². The Morgan fingerprint density at radius 2 is 1.70 bits per heavy atom. The van der Waals surface area contributed by atoms with Gasteiger partial charge in [0.2, 0.25) is 5.91 Å². The summed E-state index contributed by atoms with van der Waals surface area (Å²) in [5.41, 5.74) is 2.38. The quantitative estimate of drug-likeness (QED) is 0.349. The standard InChI is InChI=1S/C22H22N4O4/c1-2-30-21-11-7-6-10-19(21)25-22(27)15-23-20-14-17(26(28)29)12-13-18(20)24-16-8-4-3-5-9-16/h3-14,23-24H,2,15H2,1H3,(H,25,27). The van der Waals surface area contributed by atoms with E-state index in [2.05, 4.69) is 16.0 Å². The van der Waals surface area contributed by atoms with Gasteiger partial charge in [-0.2, -0.15) is 0 Å². The molecule has 0 atom stereocenters. The first kappa shape index (κ1) is 20.7. The van der Waals surface area contributed by atoms with Crippen LogP contribution in [-0.2, 0) is 4.79 Å². The average molecular weight is 406 g/mol. The second kappa shape index (κ2) is 9.92. The van der Waals surface area contributed by atoms with E-state index in [1.165, 1.54) is 12.1 Å². The lowest BCUT2D eigenvalue weighted by Gasteiger charge is -2.15. The molecule has 0 aromatic heterocycles. The minimum Gasteiger partial charge on any atom is -0.492 e. The topological polar surface area (TPSA) is 106 Å². The number of amides is 1. The highest BCUT2D eigenvalue weighted by Crippen LogP contribution is 2.30. The van der Waals surface area contributed by atoms with Gasteiger partial charge in [-0.15, -0.1) is 0 Å². The van der Waals surface area contributed by atoms with Crippen molar-refractivity contribution < 1.29 is 14.5 Å². The highest BCUT2D eigenvalue weighted by atomic mass is 16.6. The van der Waals surface area contributed by atoms with Crippen molar-refractivity contribution >= 4 is 34.3 Å². The number of carbonyl (C=O) groups is 1. The van der Waals surface area contributed by atoms with Crippen molar-refractivity contribution in [3.63, 3.8) is 0 Å².